The SMILES string of the molecule is Cc1ccc(NS(=O)(=O)c2cnn(C(C)(C)CO)c2)c2[nH]cc(C#N)c12. The number of aliphatic hydroxyl groups is 1. The molecule has 0 atom stereocenters. The van der Waals surface area contributed by atoms with E-state index in [1.807, 2.05) is 6.92 Å². The van der Waals surface area contributed by atoms with E-state index in [9.17, 15) is 18.8 Å². The number of nitrogens with one attached hydrogen (secondary N) is 2. The van der Waals surface area contributed by atoms with E-state index in [-0.39, 0.29) is 11.5 Å². The molecular weight excluding hydrogens is 354 g/mol. The Hall–Kier alpha value is -2.83. The number of H-pyrrole nitrogens is 1. The first-order valence-electron chi connectivity index (χ1n) is 7.89. The quantitative estimate of drug-likeness (QED) is 0.631. The van der Waals surface area contributed by atoms with Gasteiger partial charge in [-0.1, -0.05) is 6.07 Å². The first-order valence-corrected chi connectivity index (χ1v) is 9.37. The molecule has 0 bridgehead atoms. The molecule has 2 aromatic heterocycles. The van der Waals surface area contributed by atoms with E-state index in [1.165, 1.54) is 17.1 Å². The zero-order valence-corrected chi connectivity index (χ0v) is 15.4. The smallest absolute Gasteiger partial charge is 0.265 e. The molecule has 0 saturated carbocycles. The number of aromatic nitrogens is 3. The lowest BCUT2D eigenvalue weighted by Gasteiger charge is -2.21. The highest BCUT2D eigenvalue weighted by atomic mass is 32.2. The molecule has 3 N–H and O–H groups in total. The van der Waals surface area contributed by atoms with Crippen LogP contribution in [-0.2, 0) is 15.6 Å². The van der Waals surface area contributed by atoms with Gasteiger partial charge in [-0.05, 0) is 32.4 Å². The maximum Gasteiger partial charge on any atom is 0.265 e. The average Bonchev–Trinajstić information content (AvgIpc) is 3.25. The summed E-state index contributed by atoms with van der Waals surface area (Å²) in [5.74, 6) is 0. The summed E-state index contributed by atoms with van der Waals surface area (Å²) in [6.07, 6.45) is 4.16. The summed E-state index contributed by atoms with van der Waals surface area (Å²) in [4.78, 5) is 2.94. The molecule has 0 radical (unpaired) electrons. The predicted molar refractivity (Wildman–Crippen MR) is 97.2 cm³/mol. The number of anilines is 1. The Morgan fingerprint density at radius 3 is 2.81 bits per heavy atom. The monoisotopic (exact) mass is 373 g/mol. The van der Waals surface area contributed by atoms with E-state index in [0.717, 1.165) is 5.56 Å². The second-order valence-electron chi connectivity index (χ2n) is 6.69. The maximum absolute atomic E-state index is 12.7. The van der Waals surface area contributed by atoms with E-state index in [2.05, 4.69) is 20.9 Å². The number of nitrogens with zero attached hydrogens (tertiary/aromatic N) is 3. The van der Waals surface area contributed by atoms with Gasteiger partial charge >= 0.3 is 0 Å². The van der Waals surface area contributed by atoms with Crippen molar-refractivity contribution in [1.82, 2.24) is 14.8 Å². The molecule has 0 aliphatic rings. The summed E-state index contributed by atoms with van der Waals surface area (Å²) >= 11 is 0. The summed E-state index contributed by atoms with van der Waals surface area (Å²) in [5, 5.41) is 23.4. The standard InChI is InChI=1S/C17H19N5O3S/c1-11-4-5-14(16-15(11)12(6-18)7-19-16)21-26(24,25)13-8-20-22(9-13)17(2,3)10-23/h4-5,7-9,19,21,23H,10H2,1-3H3. The minimum absolute atomic E-state index is 0.0141. The number of aliphatic hydroxyl groups excluding tert-OH is 1. The number of aryl methyl sites for hydroxylation is 1. The molecule has 0 spiro atoms. The van der Waals surface area contributed by atoms with Crippen LogP contribution in [0.2, 0.25) is 0 Å². The number of hydrogen-bond donors (Lipinski definition) is 3. The van der Waals surface area contributed by atoms with Crippen molar-refractivity contribution >= 4 is 26.6 Å². The summed E-state index contributed by atoms with van der Waals surface area (Å²) in [7, 11) is -3.88. The lowest BCUT2D eigenvalue weighted by molar-refractivity contribution is 0.152. The number of nitriles is 1. The van der Waals surface area contributed by atoms with Crippen molar-refractivity contribution in [2.24, 2.45) is 0 Å². The summed E-state index contributed by atoms with van der Waals surface area (Å²) in [5.41, 5.74) is 1.51. The number of aromatic amines is 1. The number of fused-ring (bicyclic) bond motifs is 1. The Balaban J connectivity index is 2.01. The molecule has 9 heteroatoms. The van der Waals surface area contributed by atoms with Crippen LogP contribution in [0.5, 0.6) is 0 Å². The van der Waals surface area contributed by atoms with Gasteiger partial charge < -0.3 is 10.1 Å². The van der Waals surface area contributed by atoms with Crippen LogP contribution >= 0.6 is 0 Å². The average molecular weight is 373 g/mol. The van der Waals surface area contributed by atoms with Crippen molar-refractivity contribution in [1.29, 1.82) is 5.26 Å². The molecule has 0 aliphatic carbocycles. The molecule has 2 heterocycles. The molecule has 8 nitrogen and oxygen atoms in total. The lowest BCUT2D eigenvalue weighted by Crippen LogP contribution is -2.30. The molecule has 0 aliphatic heterocycles. The van der Waals surface area contributed by atoms with Crippen LogP contribution in [0.1, 0.15) is 25.0 Å². The number of rotatable bonds is 5. The zero-order valence-electron chi connectivity index (χ0n) is 14.6. The highest BCUT2D eigenvalue weighted by Gasteiger charge is 2.24. The molecule has 0 amide bonds. The molecule has 136 valence electrons. The fourth-order valence-electron chi connectivity index (χ4n) is 2.65. The number of sulfonamides is 1. The van der Waals surface area contributed by atoms with Crippen molar-refractivity contribution in [3.63, 3.8) is 0 Å². The molecule has 0 unspecified atom stereocenters. The van der Waals surface area contributed by atoms with Gasteiger partial charge in [0.25, 0.3) is 10.0 Å². The van der Waals surface area contributed by atoms with Gasteiger partial charge in [-0.2, -0.15) is 10.4 Å². The van der Waals surface area contributed by atoms with Gasteiger partial charge in [0, 0.05) is 17.8 Å². The summed E-state index contributed by atoms with van der Waals surface area (Å²) < 4.78 is 29.4. The minimum atomic E-state index is -3.88. The summed E-state index contributed by atoms with van der Waals surface area (Å²) in [6.45, 7) is 5.17. The predicted octanol–water partition coefficient (Wildman–Crippen LogP) is 2.07. The van der Waals surface area contributed by atoms with Crippen LogP contribution in [0.15, 0.2) is 35.6 Å². The molecule has 26 heavy (non-hydrogen) atoms. The van der Waals surface area contributed by atoms with Crippen molar-refractivity contribution in [2.45, 2.75) is 31.2 Å². The normalized spacial score (nSPS) is 12.3. The van der Waals surface area contributed by atoms with Gasteiger partial charge in [-0.25, -0.2) is 8.42 Å². The Bertz CT molecular complexity index is 1120. The van der Waals surface area contributed by atoms with Crippen molar-refractivity contribution < 1.29 is 13.5 Å². The van der Waals surface area contributed by atoms with Gasteiger partial charge in [0.2, 0.25) is 0 Å². The minimum Gasteiger partial charge on any atom is -0.394 e. The van der Waals surface area contributed by atoms with Crippen LogP contribution in [0, 0.1) is 18.3 Å². The molecular formula is C17H19N5O3S. The van der Waals surface area contributed by atoms with Gasteiger partial charge in [-0.15, -0.1) is 0 Å². The number of hydrogen-bond acceptors (Lipinski definition) is 5. The first-order chi connectivity index (χ1) is 12.2. The van der Waals surface area contributed by atoms with E-state index in [0.29, 0.717) is 22.2 Å². The fraction of sp³-hybridized carbons (Fsp3) is 0.294. The molecule has 0 fully saturated rings. The van der Waals surface area contributed by atoms with E-state index < -0.39 is 15.6 Å². The Labute approximate surface area is 151 Å². The molecule has 3 rings (SSSR count). The third kappa shape index (κ3) is 2.94. The van der Waals surface area contributed by atoms with Crippen LogP contribution < -0.4 is 4.72 Å². The topological polar surface area (TPSA) is 124 Å². The molecule has 3 aromatic rings. The van der Waals surface area contributed by atoms with E-state index in [4.69, 9.17) is 0 Å². The van der Waals surface area contributed by atoms with Crippen molar-refractivity contribution in [2.75, 3.05) is 11.3 Å². The van der Waals surface area contributed by atoms with Crippen molar-refractivity contribution in [3.8, 4) is 6.07 Å². The van der Waals surface area contributed by atoms with Crippen LogP contribution in [0.25, 0.3) is 10.9 Å². The lowest BCUT2D eigenvalue weighted by atomic mass is 10.1. The Morgan fingerprint density at radius 2 is 2.15 bits per heavy atom. The van der Waals surface area contributed by atoms with Gasteiger partial charge in [-0.3, -0.25) is 9.40 Å². The second kappa shape index (κ2) is 6.16. The highest BCUT2D eigenvalue weighted by molar-refractivity contribution is 7.92. The van der Waals surface area contributed by atoms with Gasteiger partial charge in [0.15, 0.2) is 0 Å². The number of benzene rings is 1. The van der Waals surface area contributed by atoms with Crippen LogP contribution in [0.3, 0.4) is 0 Å². The third-order valence-corrected chi connectivity index (χ3v) is 5.61. The van der Waals surface area contributed by atoms with E-state index in [1.54, 1.807) is 32.2 Å². The summed E-state index contributed by atoms with van der Waals surface area (Å²) in [6, 6.07) is 5.50. The fourth-order valence-corrected chi connectivity index (χ4v) is 3.65. The molecule has 0 saturated heterocycles. The highest BCUT2D eigenvalue weighted by Crippen LogP contribution is 2.30. The van der Waals surface area contributed by atoms with Crippen LogP contribution in [0.4, 0.5) is 5.69 Å². The zero-order chi connectivity index (χ0) is 19.1. The van der Waals surface area contributed by atoms with Crippen molar-refractivity contribution in [3.05, 3.63) is 41.9 Å². The van der Waals surface area contributed by atoms with Gasteiger partial charge in [0.05, 0.1) is 35.1 Å². The van der Waals surface area contributed by atoms with Crippen LogP contribution in [-0.4, -0.2) is 34.9 Å². The maximum atomic E-state index is 12.7. The van der Waals surface area contributed by atoms with E-state index >= 15 is 0 Å². The third-order valence-electron chi connectivity index (χ3n) is 4.28. The largest absolute Gasteiger partial charge is 0.394 e. The first kappa shape index (κ1) is 18.0. The molecule has 1 aromatic carbocycles. The Kier molecular flexibility index (Phi) is 4.26. The van der Waals surface area contributed by atoms with Gasteiger partial charge in [0.1, 0.15) is 11.0 Å². The second-order valence-corrected chi connectivity index (χ2v) is 8.37. The Morgan fingerprint density at radius 1 is 1.42 bits per heavy atom.